The van der Waals surface area contributed by atoms with Crippen LogP contribution in [0.25, 0.3) is 16.4 Å². The normalized spacial score (nSPS) is 16.9. The van der Waals surface area contributed by atoms with Crippen molar-refractivity contribution in [1.82, 2.24) is 20.1 Å². The van der Waals surface area contributed by atoms with Crippen molar-refractivity contribution in [2.75, 3.05) is 13.2 Å². The molecule has 1 aromatic carbocycles. The smallest absolute Gasteiger partial charge is 0.376 e. The molecule has 1 unspecified atom stereocenters. The van der Waals surface area contributed by atoms with Crippen LogP contribution in [-0.4, -0.2) is 39.9 Å². The van der Waals surface area contributed by atoms with E-state index in [1.54, 1.807) is 12.1 Å². The van der Waals surface area contributed by atoms with E-state index in [1.165, 1.54) is 28.2 Å². The number of ether oxygens (including phenoxy) is 1. The number of nitrogens with zero attached hydrogens (tertiary/aromatic N) is 3. The second-order valence-corrected chi connectivity index (χ2v) is 7.49. The van der Waals surface area contributed by atoms with Gasteiger partial charge in [0.25, 0.3) is 5.91 Å². The summed E-state index contributed by atoms with van der Waals surface area (Å²) in [7, 11) is 0. The Labute approximate surface area is 168 Å². The number of amides is 1. The van der Waals surface area contributed by atoms with Gasteiger partial charge in [-0.05, 0) is 42.5 Å². The molecule has 3 aromatic rings. The van der Waals surface area contributed by atoms with Crippen LogP contribution in [0.3, 0.4) is 0 Å². The number of rotatable bonds is 5. The van der Waals surface area contributed by atoms with E-state index in [0.717, 1.165) is 25.0 Å². The van der Waals surface area contributed by atoms with Crippen LogP contribution in [-0.2, 0) is 10.9 Å². The van der Waals surface area contributed by atoms with Crippen molar-refractivity contribution in [2.24, 2.45) is 0 Å². The largest absolute Gasteiger partial charge is 0.416 e. The summed E-state index contributed by atoms with van der Waals surface area (Å²) in [5, 5.41) is 8.75. The lowest BCUT2D eigenvalue weighted by atomic mass is 10.2. The van der Waals surface area contributed by atoms with Gasteiger partial charge in [0.2, 0.25) is 5.82 Å². The molecule has 0 bridgehead atoms. The Kier molecular flexibility index (Phi) is 5.37. The van der Waals surface area contributed by atoms with E-state index in [2.05, 4.69) is 15.4 Å². The van der Waals surface area contributed by atoms with Crippen molar-refractivity contribution in [1.29, 1.82) is 0 Å². The maximum absolute atomic E-state index is 13.1. The zero-order valence-electron chi connectivity index (χ0n) is 15.1. The van der Waals surface area contributed by atoms with E-state index in [9.17, 15) is 18.0 Å². The van der Waals surface area contributed by atoms with Crippen molar-refractivity contribution in [3.63, 3.8) is 0 Å². The summed E-state index contributed by atoms with van der Waals surface area (Å²) in [5.41, 5.74) is -0.624. The number of alkyl halides is 3. The number of halogens is 3. The summed E-state index contributed by atoms with van der Waals surface area (Å²) in [4.78, 5) is 17.5. The van der Waals surface area contributed by atoms with Gasteiger partial charge in [0, 0.05) is 13.2 Å². The molecule has 0 radical (unpaired) electrons. The van der Waals surface area contributed by atoms with Gasteiger partial charge in [0.1, 0.15) is 0 Å². The maximum Gasteiger partial charge on any atom is 0.416 e. The molecule has 4 rings (SSSR count). The van der Waals surface area contributed by atoms with Gasteiger partial charge >= 0.3 is 6.18 Å². The monoisotopic (exact) mass is 422 g/mol. The molecule has 2 aromatic heterocycles. The Morgan fingerprint density at radius 1 is 1.31 bits per heavy atom. The number of thiophene rings is 1. The minimum Gasteiger partial charge on any atom is -0.376 e. The lowest BCUT2D eigenvalue weighted by Crippen LogP contribution is -2.32. The fraction of sp³-hybridized carbons (Fsp3) is 0.316. The minimum absolute atomic E-state index is 0.0405. The second kappa shape index (κ2) is 7.96. The number of aromatic nitrogens is 3. The molecule has 1 amide bonds. The number of nitrogens with one attached hydrogen (secondary N) is 1. The molecule has 1 saturated heterocycles. The van der Waals surface area contributed by atoms with Crippen LogP contribution in [0.1, 0.15) is 29.0 Å². The van der Waals surface area contributed by atoms with Gasteiger partial charge in [-0.25, -0.2) is 9.67 Å². The predicted octanol–water partition coefficient (Wildman–Crippen LogP) is 3.92. The first-order valence-electron chi connectivity index (χ1n) is 9.00. The highest BCUT2D eigenvalue weighted by molar-refractivity contribution is 7.13. The summed E-state index contributed by atoms with van der Waals surface area (Å²) >= 11 is 1.36. The van der Waals surface area contributed by atoms with Crippen molar-refractivity contribution < 1.29 is 22.7 Å². The van der Waals surface area contributed by atoms with E-state index in [0.29, 0.717) is 23.9 Å². The van der Waals surface area contributed by atoms with E-state index in [4.69, 9.17) is 4.74 Å². The molecule has 0 spiro atoms. The van der Waals surface area contributed by atoms with Crippen LogP contribution in [0.2, 0.25) is 0 Å². The molecule has 6 nitrogen and oxygen atoms in total. The Balaban J connectivity index is 1.67. The quantitative estimate of drug-likeness (QED) is 0.677. The van der Waals surface area contributed by atoms with Crippen LogP contribution in [0.5, 0.6) is 0 Å². The summed E-state index contributed by atoms with van der Waals surface area (Å²) in [6.07, 6.45) is -2.71. The Hall–Kier alpha value is -2.72. The standard InChI is InChI=1S/C19H17F3N4O2S/c20-19(21,22)12-4-1-5-13(10-12)26-17(15-7-3-9-29-15)24-16(25-26)18(27)23-11-14-6-2-8-28-14/h1,3-5,7,9-10,14H,2,6,8,11H2,(H,23,27). The number of hydrogen-bond donors (Lipinski definition) is 1. The van der Waals surface area contributed by atoms with Crippen LogP contribution in [0.4, 0.5) is 13.2 Å². The summed E-state index contributed by atoms with van der Waals surface area (Å²) in [5.74, 6) is -0.297. The van der Waals surface area contributed by atoms with Gasteiger partial charge < -0.3 is 10.1 Å². The average molecular weight is 422 g/mol. The van der Waals surface area contributed by atoms with Gasteiger partial charge in [0.15, 0.2) is 5.82 Å². The highest BCUT2D eigenvalue weighted by atomic mass is 32.1. The first-order chi connectivity index (χ1) is 13.9. The molecule has 3 heterocycles. The van der Waals surface area contributed by atoms with Crippen LogP contribution in [0.15, 0.2) is 41.8 Å². The molecule has 0 aliphatic carbocycles. The molecule has 1 aliphatic heterocycles. The molecule has 1 N–H and O–H groups in total. The molecular weight excluding hydrogens is 405 g/mol. The average Bonchev–Trinajstić information content (AvgIpc) is 3.46. The summed E-state index contributed by atoms with van der Waals surface area (Å²) in [6, 6.07) is 8.33. The number of benzene rings is 1. The number of carbonyl (C=O) groups is 1. The van der Waals surface area contributed by atoms with E-state index in [1.807, 2.05) is 5.38 Å². The first kappa shape index (κ1) is 19.6. The fourth-order valence-corrected chi connectivity index (χ4v) is 3.76. The topological polar surface area (TPSA) is 69.0 Å². The molecule has 152 valence electrons. The van der Waals surface area contributed by atoms with Crippen LogP contribution < -0.4 is 5.32 Å². The zero-order chi connectivity index (χ0) is 20.4. The lowest BCUT2D eigenvalue weighted by Gasteiger charge is -2.10. The van der Waals surface area contributed by atoms with Gasteiger partial charge in [-0.15, -0.1) is 16.4 Å². The highest BCUT2D eigenvalue weighted by Gasteiger charge is 2.31. The van der Waals surface area contributed by atoms with E-state index >= 15 is 0 Å². The molecule has 1 fully saturated rings. The van der Waals surface area contributed by atoms with Crippen molar-refractivity contribution in [3.05, 3.63) is 53.2 Å². The van der Waals surface area contributed by atoms with Gasteiger partial charge in [-0.2, -0.15) is 13.2 Å². The third-order valence-electron chi connectivity index (χ3n) is 4.48. The molecule has 1 aliphatic rings. The lowest BCUT2D eigenvalue weighted by molar-refractivity contribution is -0.137. The third kappa shape index (κ3) is 4.33. The SMILES string of the molecule is O=C(NCC1CCCO1)c1nc(-c2cccs2)n(-c2cccc(C(F)(F)F)c2)n1. The predicted molar refractivity (Wildman–Crippen MR) is 101 cm³/mol. The van der Waals surface area contributed by atoms with Crippen molar-refractivity contribution in [3.8, 4) is 16.4 Å². The molecule has 29 heavy (non-hydrogen) atoms. The number of carbonyl (C=O) groups excluding carboxylic acids is 1. The summed E-state index contributed by atoms with van der Waals surface area (Å²) < 4.78 is 46.1. The molecule has 10 heteroatoms. The van der Waals surface area contributed by atoms with E-state index < -0.39 is 17.6 Å². The highest BCUT2D eigenvalue weighted by Crippen LogP contribution is 2.32. The van der Waals surface area contributed by atoms with Gasteiger partial charge in [0.05, 0.1) is 22.2 Å². The van der Waals surface area contributed by atoms with Crippen LogP contribution >= 0.6 is 11.3 Å². The first-order valence-corrected chi connectivity index (χ1v) is 9.88. The molecular formula is C19H17F3N4O2S. The van der Waals surface area contributed by atoms with Crippen molar-refractivity contribution >= 4 is 17.2 Å². The second-order valence-electron chi connectivity index (χ2n) is 6.54. The zero-order valence-corrected chi connectivity index (χ0v) is 16.0. The summed E-state index contributed by atoms with van der Waals surface area (Å²) in [6.45, 7) is 1.01. The Morgan fingerprint density at radius 2 is 2.17 bits per heavy atom. The molecule has 1 atom stereocenters. The van der Waals surface area contributed by atoms with Gasteiger partial charge in [-0.3, -0.25) is 4.79 Å². The maximum atomic E-state index is 13.1. The third-order valence-corrected chi connectivity index (χ3v) is 5.35. The fourth-order valence-electron chi connectivity index (χ4n) is 3.06. The number of hydrogen-bond acceptors (Lipinski definition) is 5. The Bertz CT molecular complexity index is 995. The minimum atomic E-state index is -4.48. The van der Waals surface area contributed by atoms with E-state index in [-0.39, 0.29) is 17.6 Å². The van der Waals surface area contributed by atoms with Crippen LogP contribution in [0, 0.1) is 0 Å². The Morgan fingerprint density at radius 3 is 2.86 bits per heavy atom. The van der Waals surface area contributed by atoms with Gasteiger partial charge in [-0.1, -0.05) is 12.1 Å². The van der Waals surface area contributed by atoms with Crippen molar-refractivity contribution in [2.45, 2.75) is 25.1 Å². The molecule has 0 saturated carbocycles.